The van der Waals surface area contributed by atoms with Crippen molar-refractivity contribution in [3.63, 3.8) is 0 Å². The molecule has 2 heterocycles. The Labute approximate surface area is 188 Å². The number of nitrogen functional groups attached to an aromatic ring is 1. The third-order valence-electron chi connectivity index (χ3n) is 6.81. The summed E-state index contributed by atoms with van der Waals surface area (Å²) in [6, 6.07) is 5.06. The van der Waals surface area contributed by atoms with E-state index in [2.05, 4.69) is 28.8 Å². The van der Waals surface area contributed by atoms with Gasteiger partial charge < -0.3 is 15.8 Å². The number of halogens is 1. The predicted molar refractivity (Wildman–Crippen MR) is 122 cm³/mol. The maximum Gasteiger partial charge on any atom is 0.260 e. The number of likely N-dealkylation sites (tertiary alicyclic amines) is 1. The van der Waals surface area contributed by atoms with Crippen molar-refractivity contribution in [2.45, 2.75) is 45.2 Å². The van der Waals surface area contributed by atoms with Crippen molar-refractivity contribution in [1.82, 2.24) is 20.0 Å². The maximum absolute atomic E-state index is 14.2. The third kappa shape index (κ3) is 4.50. The minimum Gasteiger partial charge on any atom is -0.497 e. The van der Waals surface area contributed by atoms with Crippen molar-refractivity contribution < 1.29 is 13.9 Å². The van der Waals surface area contributed by atoms with Crippen LogP contribution in [0, 0.1) is 17.7 Å². The largest absolute Gasteiger partial charge is 0.497 e. The van der Waals surface area contributed by atoms with E-state index in [1.54, 1.807) is 30.1 Å². The number of anilines is 1. The summed E-state index contributed by atoms with van der Waals surface area (Å²) in [6.07, 6.45) is 5.97. The molecule has 2 atom stereocenters. The van der Waals surface area contributed by atoms with Crippen molar-refractivity contribution in [3.05, 3.63) is 53.6 Å². The highest BCUT2D eigenvalue weighted by molar-refractivity contribution is 5.99. The average molecular weight is 442 g/mol. The number of hydrogen-bond acceptors (Lipinski definition) is 5. The molecule has 0 bridgehead atoms. The SMILES string of the molecule is C=C(NC(=O)c1cnn(C2CCCC2)c1N)[C@@H]1CN(Cc2cc(OC)ccc2F)C[C@H]1C. The second kappa shape index (κ2) is 9.32. The molecule has 1 aromatic heterocycles. The normalized spacial score (nSPS) is 21.7. The summed E-state index contributed by atoms with van der Waals surface area (Å²) in [4.78, 5) is 15.1. The summed E-state index contributed by atoms with van der Waals surface area (Å²) < 4.78 is 21.3. The zero-order valence-corrected chi connectivity index (χ0v) is 18.8. The number of benzene rings is 1. The number of aromatic nitrogens is 2. The molecule has 0 unspecified atom stereocenters. The van der Waals surface area contributed by atoms with E-state index in [1.807, 2.05) is 0 Å². The Morgan fingerprint density at radius 1 is 1.34 bits per heavy atom. The van der Waals surface area contributed by atoms with Crippen LogP contribution in [0.4, 0.5) is 10.2 Å². The molecule has 32 heavy (non-hydrogen) atoms. The van der Waals surface area contributed by atoms with Gasteiger partial charge in [-0.2, -0.15) is 5.10 Å². The lowest BCUT2D eigenvalue weighted by atomic mass is 9.95. The fraction of sp³-hybridized carbons (Fsp3) is 0.500. The number of carbonyl (C=O) groups excluding carboxylic acids is 1. The number of amides is 1. The number of methoxy groups -OCH3 is 1. The van der Waals surface area contributed by atoms with Crippen molar-refractivity contribution in [1.29, 1.82) is 0 Å². The number of nitrogens with zero attached hydrogens (tertiary/aromatic N) is 3. The molecule has 3 N–H and O–H groups in total. The van der Waals surface area contributed by atoms with Gasteiger partial charge in [-0.3, -0.25) is 9.69 Å². The van der Waals surface area contributed by atoms with Gasteiger partial charge in [0.1, 0.15) is 22.9 Å². The van der Waals surface area contributed by atoms with Gasteiger partial charge in [-0.25, -0.2) is 9.07 Å². The topological polar surface area (TPSA) is 85.4 Å². The molecule has 1 aromatic carbocycles. The standard InChI is InChI=1S/C24H32FN5O2/c1-15-12-29(13-17-10-19(32-3)8-9-22(17)25)14-21(15)16(2)28-24(31)20-11-27-30(23(20)26)18-6-4-5-7-18/h8-11,15,18,21H,2,4-7,12-14,26H2,1,3H3,(H,28,31)/t15-,21-/m1/s1. The minimum atomic E-state index is -0.277. The molecule has 0 spiro atoms. The highest BCUT2D eigenvalue weighted by Gasteiger charge is 2.33. The first-order valence-electron chi connectivity index (χ1n) is 11.2. The molecule has 2 aliphatic rings. The van der Waals surface area contributed by atoms with E-state index in [0.29, 0.717) is 41.5 Å². The number of carbonyl (C=O) groups is 1. The molecule has 4 rings (SSSR count). The summed E-state index contributed by atoms with van der Waals surface area (Å²) in [6.45, 7) is 8.21. The van der Waals surface area contributed by atoms with Crippen LogP contribution in [0.15, 0.2) is 36.7 Å². The molecule has 2 aromatic rings. The van der Waals surface area contributed by atoms with Crippen molar-refractivity contribution in [2.75, 3.05) is 25.9 Å². The highest BCUT2D eigenvalue weighted by Crippen LogP contribution is 2.32. The first-order valence-corrected chi connectivity index (χ1v) is 11.2. The molecule has 0 radical (unpaired) electrons. The molecule has 172 valence electrons. The molecule has 8 heteroatoms. The summed E-state index contributed by atoms with van der Waals surface area (Å²) in [7, 11) is 1.57. The Kier molecular flexibility index (Phi) is 6.50. The first kappa shape index (κ1) is 22.3. The Morgan fingerprint density at radius 3 is 2.81 bits per heavy atom. The van der Waals surface area contributed by atoms with Gasteiger partial charge in [-0.15, -0.1) is 0 Å². The predicted octanol–water partition coefficient (Wildman–Crippen LogP) is 3.74. The molecule has 1 aliphatic carbocycles. The number of nitrogens with two attached hydrogens (primary N) is 1. The second-order valence-electron chi connectivity index (χ2n) is 9.04. The highest BCUT2D eigenvalue weighted by atomic mass is 19.1. The summed E-state index contributed by atoms with van der Waals surface area (Å²) >= 11 is 0. The lowest BCUT2D eigenvalue weighted by Gasteiger charge is -2.19. The van der Waals surface area contributed by atoms with E-state index < -0.39 is 0 Å². The van der Waals surface area contributed by atoms with Gasteiger partial charge in [0.15, 0.2) is 0 Å². The Hall–Kier alpha value is -2.87. The summed E-state index contributed by atoms with van der Waals surface area (Å²) in [5, 5.41) is 7.31. The third-order valence-corrected chi connectivity index (χ3v) is 6.81. The van der Waals surface area contributed by atoms with Crippen LogP contribution in [0.2, 0.25) is 0 Å². The van der Waals surface area contributed by atoms with E-state index >= 15 is 0 Å². The molecule has 1 saturated heterocycles. The lowest BCUT2D eigenvalue weighted by molar-refractivity contribution is 0.0961. The summed E-state index contributed by atoms with van der Waals surface area (Å²) in [5.41, 5.74) is 7.88. The van der Waals surface area contributed by atoms with E-state index in [0.717, 1.165) is 32.2 Å². The molecular weight excluding hydrogens is 409 g/mol. The fourth-order valence-corrected chi connectivity index (χ4v) is 4.98. The van der Waals surface area contributed by atoms with Gasteiger partial charge in [0, 0.05) is 36.8 Å². The van der Waals surface area contributed by atoms with Gasteiger partial charge in [-0.05, 0) is 37.0 Å². The van der Waals surface area contributed by atoms with Gasteiger partial charge >= 0.3 is 0 Å². The van der Waals surface area contributed by atoms with Crippen LogP contribution in [-0.2, 0) is 6.54 Å². The fourth-order valence-electron chi connectivity index (χ4n) is 4.98. The molecule has 1 amide bonds. The van der Waals surface area contributed by atoms with E-state index in [1.165, 1.54) is 6.07 Å². The Bertz CT molecular complexity index is 998. The van der Waals surface area contributed by atoms with Gasteiger partial charge in [-0.1, -0.05) is 26.3 Å². The monoisotopic (exact) mass is 441 g/mol. The van der Waals surface area contributed by atoms with Gasteiger partial charge in [0.05, 0.1) is 19.3 Å². The smallest absolute Gasteiger partial charge is 0.260 e. The molecule has 7 nitrogen and oxygen atoms in total. The zero-order valence-electron chi connectivity index (χ0n) is 18.8. The van der Waals surface area contributed by atoms with Gasteiger partial charge in [0.2, 0.25) is 0 Å². The molecule has 1 aliphatic heterocycles. The molecular formula is C24H32FN5O2. The van der Waals surface area contributed by atoms with Crippen molar-refractivity contribution in [3.8, 4) is 5.75 Å². The number of nitrogens with one attached hydrogen (secondary N) is 1. The quantitative estimate of drug-likeness (QED) is 0.684. The van der Waals surface area contributed by atoms with Crippen LogP contribution >= 0.6 is 0 Å². The zero-order chi connectivity index (χ0) is 22.8. The Balaban J connectivity index is 1.38. The summed E-state index contributed by atoms with van der Waals surface area (Å²) in [5.74, 6) is 0.869. The first-order chi connectivity index (χ1) is 15.4. The van der Waals surface area contributed by atoms with Crippen LogP contribution < -0.4 is 15.8 Å². The van der Waals surface area contributed by atoms with Crippen LogP contribution in [0.1, 0.15) is 54.6 Å². The van der Waals surface area contributed by atoms with E-state index in [-0.39, 0.29) is 29.6 Å². The minimum absolute atomic E-state index is 0.0683. The van der Waals surface area contributed by atoms with Crippen LogP contribution in [-0.4, -0.2) is 40.8 Å². The molecule has 2 fully saturated rings. The van der Waals surface area contributed by atoms with Crippen molar-refractivity contribution >= 4 is 11.7 Å². The van der Waals surface area contributed by atoms with Crippen molar-refractivity contribution in [2.24, 2.45) is 11.8 Å². The van der Waals surface area contributed by atoms with Gasteiger partial charge in [0.25, 0.3) is 5.91 Å². The van der Waals surface area contributed by atoms with Crippen LogP contribution in [0.5, 0.6) is 5.75 Å². The number of rotatable bonds is 7. The van der Waals surface area contributed by atoms with Crippen LogP contribution in [0.25, 0.3) is 0 Å². The number of hydrogen-bond donors (Lipinski definition) is 2. The maximum atomic E-state index is 14.2. The van der Waals surface area contributed by atoms with E-state index in [9.17, 15) is 9.18 Å². The lowest BCUT2D eigenvalue weighted by Crippen LogP contribution is -2.30. The second-order valence-corrected chi connectivity index (χ2v) is 9.04. The average Bonchev–Trinajstić information content (AvgIpc) is 3.49. The number of ether oxygens (including phenoxy) is 1. The van der Waals surface area contributed by atoms with Crippen LogP contribution in [0.3, 0.4) is 0 Å². The Morgan fingerprint density at radius 2 is 2.09 bits per heavy atom. The van der Waals surface area contributed by atoms with E-state index in [4.69, 9.17) is 10.5 Å². The molecule has 1 saturated carbocycles.